The van der Waals surface area contributed by atoms with Crippen LogP contribution in [0.15, 0.2) is 42.5 Å². The third-order valence-corrected chi connectivity index (χ3v) is 5.69. The number of hydrogen-bond donors (Lipinski definition) is 1. The minimum absolute atomic E-state index is 0.100. The normalized spacial score (nSPS) is 20.9. The summed E-state index contributed by atoms with van der Waals surface area (Å²) in [5, 5.41) is -0.132. The Balaban J connectivity index is 1.46. The molecule has 0 unspecified atom stereocenters. The van der Waals surface area contributed by atoms with Gasteiger partial charge in [-0.2, -0.15) is 0 Å². The summed E-state index contributed by atoms with van der Waals surface area (Å²) in [5.41, 5.74) is 0.839. The van der Waals surface area contributed by atoms with E-state index in [1.165, 1.54) is 18.2 Å². The van der Waals surface area contributed by atoms with Gasteiger partial charge in [0.1, 0.15) is 11.6 Å². The highest BCUT2D eigenvalue weighted by Gasteiger charge is 2.46. The summed E-state index contributed by atoms with van der Waals surface area (Å²) < 4.78 is 27.4. The van der Waals surface area contributed by atoms with Gasteiger partial charge in [0.15, 0.2) is 6.04 Å². The molecule has 8 heteroatoms. The Labute approximate surface area is 166 Å². The Hall–Kier alpha value is -2.51. The summed E-state index contributed by atoms with van der Waals surface area (Å²) in [6.07, 6.45) is 0.100. The molecule has 4 rings (SSSR count). The molecule has 2 aromatic rings. The highest BCUT2D eigenvalue weighted by molar-refractivity contribution is 6.31. The Morgan fingerprint density at radius 2 is 1.71 bits per heavy atom. The molecule has 0 aliphatic carbocycles. The van der Waals surface area contributed by atoms with Crippen molar-refractivity contribution in [2.45, 2.75) is 12.5 Å². The van der Waals surface area contributed by atoms with Crippen LogP contribution in [0.25, 0.3) is 0 Å². The number of piperazine rings is 1. The Kier molecular flexibility index (Phi) is 5.03. The molecule has 0 spiro atoms. The van der Waals surface area contributed by atoms with Crippen molar-refractivity contribution in [2.75, 3.05) is 36.0 Å². The van der Waals surface area contributed by atoms with Crippen molar-refractivity contribution in [1.82, 2.24) is 0 Å². The molecule has 1 N–H and O–H groups in total. The standard InChI is InChI=1S/C20H18ClF2N3O2/c21-14-11-13(5-6-15(14)22)26-19(27)12-18(20(26)28)25-9-7-24(8-10-25)17-4-2-1-3-16(17)23/h1-6,11,18H,7-10,12H2/p+1/t18-/m1/s1. The van der Waals surface area contributed by atoms with Crippen LogP contribution < -0.4 is 14.7 Å². The van der Waals surface area contributed by atoms with Crippen molar-refractivity contribution in [2.24, 2.45) is 0 Å². The third-order valence-electron chi connectivity index (χ3n) is 5.40. The van der Waals surface area contributed by atoms with Gasteiger partial charge in [-0.05, 0) is 30.3 Å². The van der Waals surface area contributed by atoms with Crippen LogP contribution in [0.2, 0.25) is 5.02 Å². The molecule has 1 atom stereocenters. The van der Waals surface area contributed by atoms with E-state index >= 15 is 0 Å². The van der Waals surface area contributed by atoms with Gasteiger partial charge in [0.25, 0.3) is 5.91 Å². The number of amides is 2. The number of nitrogens with zero attached hydrogens (tertiary/aromatic N) is 2. The van der Waals surface area contributed by atoms with Crippen LogP contribution in [0.5, 0.6) is 0 Å². The molecule has 28 heavy (non-hydrogen) atoms. The maximum Gasteiger partial charge on any atom is 0.292 e. The number of imide groups is 1. The number of quaternary nitrogens is 1. The first-order valence-electron chi connectivity index (χ1n) is 9.11. The Bertz CT molecular complexity index is 931. The highest BCUT2D eigenvalue weighted by atomic mass is 35.5. The minimum atomic E-state index is -0.601. The number of para-hydroxylation sites is 1. The number of carbonyl (C=O) groups is 2. The van der Waals surface area contributed by atoms with Crippen LogP contribution in [0.3, 0.4) is 0 Å². The number of carbonyl (C=O) groups excluding carboxylic acids is 2. The average Bonchev–Trinajstić information content (AvgIpc) is 2.99. The molecular formula is C20H19ClF2N3O2+. The maximum atomic E-state index is 14.0. The molecule has 2 aromatic carbocycles. The number of anilines is 2. The Morgan fingerprint density at radius 3 is 2.39 bits per heavy atom. The molecule has 5 nitrogen and oxygen atoms in total. The molecule has 2 aliphatic heterocycles. The van der Waals surface area contributed by atoms with Crippen LogP contribution in [0, 0.1) is 11.6 Å². The van der Waals surface area contributed by atoms with Crippen molar-refractivity contribution in [3.8, 4) is 0 Å². The van der Waals surface area contributed by atoms with Crippen molar-refractivity contribution >= 4 is 34.8 Å². The summed E-state index contributed by atoms with van der Waals surface area (Å²) in [4.78, 5) is 29.4. The quantitative estimate of drug-likeness (QED) is 0.788. The van der Waals surface area contributed by atoms with E-state index in [2.05, 4.69) is 0 Å². The smallest absolute Gasteiger partial charge is 0.292 e. The van der Waals surface area contributed by atoms with Crippen LogP contribution in [0.1, 0.15) is 6.42 Å². The number of nitrogens with one attached hydrogen (secondary N) is 1. The van der Waals surface area contributed by atoms with Crippen molar-refractivity contribution < 1.29 is 23.3 Å². The zero-order chi connectivity index (χ0) is 19.8. The van der Waals surface area contributed by atoms with Gasteiger partial charge in [0.05, 0.1) is 49.0 Å². The largest absolute Gasteiger partial charge is 0.358 e. The fourth-order valence-corrected chi connectivity index (χ4v) is 4.11. The lowest BCUT2D eigenvalue weighted by atomic mass is 10.1. The first kappa shape index (κ1) is 18.8. The van der Waals surface area contributed by atoms with Gasteiger partial charge >= 0.3 is 0 Å². The number of benzene rings is 2. The molecule has 2 amide bonds. The first-order chi connectivity index (χ1) is 13.5. The van der Waals surface area contributed by atoms with Crippen molar-refractivity contribution in [3.05, 3.63) is 59.1 Å². The molecule has 146 valence electrons. The van der Waals surface area contributed by atoms with Crippen LogP contribution in [0.4, 0.5) is 20.2 Å². The topological polar surface area (TPSA) is 45.1 Å². The summed E-state index contributed by atoms with van der Waals surface area (Å²) in [7, 11) is 0. The fourth-order valence-electron chi connectivity index (χ4n) is 3.94. The molecule has 2 fully saturated rings. The summed E-state index contributed by atoms with van der Waals surface area (Å²) in [5.74, 6) is -1.49. The summed E-state index contributed by atoms with van der Waals surface area (Å²) in [6, 6.07) is 9.95. The van der Waals surface area contributed by atoms with E-state index < -0.39 is 11.9 Å². The summed E-state index contributed by atoms with van der Waals surface area (Å²) >= 11 is 5.79. The lowest BCUT2D eigenvalue weighted by Crippen LogP contribution is -3.19. The number of hydrogen-bond acceptors (Lipinski definition) is 3. The second-order valence-corrected chi connectivity index (χ2v) is 7.43. The molecule has 0 bridgehead atoms. The zero-order valence-corrected chi connectivity index (χ0v) is 15.8. The maximum absolute atomic E-state index is 14.0. The zero-order valence-electron chi connectivity index (χ0n) is 15.0. The summed E-state index contributed by atoms with van der Waals surface area (Å²) in [6.45, 7) is 2.43. The van der Waals surface area contributed by atoms with Crippen molar-refractivity contribution in [1.29, 1.82) is 0 Å². The lowest BCUT2D eigenvalue weighted by Gasteiger charge is -2.35. The van der Waals surface area contributed by atoms with Gasteiger partial charge in [-0.15, -0.1) is 0 Å². The van der Waals surface area contributed by atoms with E-state index in [4.69, 9.17) is 11.6 Å². The molecular weight excluding hydrogens is 388 g/mol. The molecule has 2 aliphatic rings. The van der Waals surface area contributed by atoms with Crippen LogP contribution in [-0.4, -0.2) is 44.0 Å². The number of rotatable bonds is 3. The molecule has 2 heterocycles. The predicted octanol–water partition coefficient (Wildman–Crippen LogP) is 1.66. The molecule has 0 radical (unpaired) electrons. The van der Waals surface area contributed by atoms with Gasteiger partial charge in [0.2, 0.25) is 5.91 Å². The van der Waals surface area contributed by atoms with Gasteiger partial charge in [-0.1, -0.05) is 23.7 Å². The second-order valence-electron chi connectivity index (χ2n) is 7.02. The molecule has 2 saturated heterocycles. The van der Waals surface area contributed by atoms with E-state index in [-0.39, 0.29) is 34.8 Å². The molecule has 0 aromatic heterocycles. The van der Waals surface area contributed by atoms with E-state index in [9.17, 15) is 18.4 Å². The van der Waals surface area contributed by atoms with Crippen LogP contribution >= 0.6 is 11.6 Å². The van der Waals surface area contributed by atoms with Gasteiger partial charge in [0, 0.05) is 0 Å². The second kappa shape index (κ2) is 7.48. The predicted molar refractivity (Wildman–Crippen MR) is 102 cm³/mol. The van der Waals surface area contributed by atoms with E-state index in [0.717, 1.165) is 15.9 Å². The first-order valence-corrected chi connectivity index (χ1v) is 9.49. The van der Waals surface area contributed by atoms with E-state index in [0.29, 0.717) is 31.9 Å². The third kappa shape index (κ3) is 3.36. The highest BCUT2D eigenvalue weighted by Crippen LogP contribution is 2.27. The van der Waals surface area contributed by atoms with Gasteiger partial charge in [-0.25, -0.2) is 13.7 Å². The van der Waals surface area contributed by atoms with Gasteiger partial charge in [-0.3, -0.25) is 9.59 Å². The van der Waals surface area contributed by atoms with E-state index in [1.54, 1.807) is 18.2 Å². The Morgan fingerprint density at radius 1 is 1.00 bits per heavy atom. The number of halogens is 3. The van der Waals surface area contributed by atoms with Gasteiger partial charge < -0.3 is 9.80 Å². The van der Waals surface area contributed by atoms with Crippen LogP contribution in [-0.2, 0) is 9.59 Å². The van der Waals surface area contributed by atoms with E-state index in [1.807, 2.05) is 4.90 Å². The fraction of sp³-hybridized carbons (Fsp3) is 0.300. The SMILES string of the molecule is O=C1C[C@@H]([NH+]2CCN(c3ccccc3F)CC2)C(=O)N1c1ccc(F)c(Cl)c1. The minimum Gasteiger partial charge on any atom is -0.358 e. The monoisotopic (exact) mass is 406 g/mol. The molecule has 0 saturated carbocycles. The average molecular weight is 407 g/mol. The lowest BCUT2D eigenvalue weighted by molar-refractivity contribution is -0.915. The van der Waals surface area contributed by atoms with Crippen molar-refractivity contribution in [3.63, 3.8) is 0 Å².